The highest BCUT2D eigenvalue weighted by molar-refractivity contribution is 9.10. The largest absolute Gasteiger partial charge is 0.496 e. The number of rotatable bonds is 6. The summed E-state index contributed by atoms with van der Waals surface area (Å²) in [7, 11) is 3.22. The molecule has 0 aliphatic carbocycles. The zero-order valence-electron chi connectivity index (χ0n) is 12.3. The summed E-state index contributed by atoms with van der Waals surface area (Å²) in [6, 6.07) is 11.3. The Balaban J connectivity index is 2.07. The minimum absolute atomic E-state index is 0.551. The summed E-state index contributed by atoms with van der Waals surface area (Å²) in [5.41, 5.74) is 4.80. The lowest BCUT2D eigenvalue weighted by Crippen LogP contribution is -2.06. The Morgan fingerprint density at radius 2 is 1.91 bits per heavy atom. The van der Waals surface area contributed by atoms with E-state index in [0.717, 1.165) is 20.6 Å². The number of hydrazone groups is 1. The molecule has 2 aromatic rings. The third-order valence-electron chi connectivity index (χ3n) is 3.03. The topological polar surface area (TPSA) is 42.9 Å². The predicted molar refractivity (Wildman–Crippen MR) is 93.1 cm³/mol. The maximum Gasteiger partial charge on any atom is 0.136 e. The van der Waals surface area contributed by atoms with E-state index >= 15 is 0 Å². The van der Waals surface area contributed by atoms with Gasteiger partial charge in [0.1, 0.15) is 11.5 Å². The first-order valence-electron chi connectivity index (χ1n) is 6.56. The van der Waals surface area contributed by atoms with Gasteiger partial charge in [0.05, 0.1) is 31.5 Å². The van der Waals surface area contributed by atoms with Gasteiger partial charge in [-0.2, -0.15) is 5.10 Å². The molecule has 0 radical (unpaired) electrons. The zero-order valence-corrected chi connectivity index (χ0v) is 14.6. The van der Waals surface area contributed by atoms with Gasteiger partial charge in [0.2, 0.25) is 0 Å². The molecule has 0 aliphatic rings. The SMILES string of the molecule is COc1cc(OC)c(/C=N\NCc2ccccc2Cl)cc1Br. The average Bonchev–Trinajstić information content (AvgIpc) is 2.53. The predicted octanol–water partition coefficient (Wildman–Crippen LogP) is 4.24. The lowest BCUT2D eigenvalue weighted by molar-refractivity contribution is 0.392. The van der Waals surface area contributed by atoms with Crippen LogP contribution in [0.25, 0.3) is 0 Å². The van der Waals surface area contributed by atoms with E-state index in [-0.39, 0.29) is 0 Å². The molecule has 1 N–H and O–H groups in total. The van der Waals surface area contributed by atoms with Gasteiger partial charge in [-0.05, 0) is 33.6 Å². The minimum atomic E-state index is 0.551. The van der Waals surface area contributed by atoms with Crippen LogP contribution < -0.4 is 14.9 Å². The maximum atomic E-state index is 6.09. The Kier molecular flexibility index (Phi) is 6.10. The molecule has 0 bridgehead atoms. The van der Waals surface area contributed by atoms with Crippen LogP contribution >= 0.6 is 27.5 Å². The van der Waals surface area contributed by atoms with Crippen LogP contribution in [-0.4, -0.2) is 20.4 Å². The first-order valence-corrected chi connectivity index (χ1v) is 7.73. The van der Waals surface area contributed by atoms with E-state index in [1.807, 2.05) is 30.3 Å². The van der Waals surface area contributed by atoms with E-state index in [1.54, 1.807) is 26.5 Å². The molecule has 0 fully saturated rings. The van der Waals surface area contributed by atoms with Crippen LogP contribution in [-0.2, 0) is 6.54 Å². The second-order valence-corrected chi connectivity index (χ2v) is 5.67. The van der Waals surface area contributed by atoms with E-state index in [9.17, 15) is 0 Å². The number of nitrogens with one attached hydrogen (secondary N) is 1. The summed E-state index contributed by atoms with van der Waals surface area (Å²) in [5, 5.41) is 4.93. The molecule has 22 heavy (non-hydrogen) atoms. The fourth-order valence-electron chi connectivity index (χ4n) is 1.87. The van der Waals surface area contributed by atoms with Crippen molar-refractivity contribution < 1.29 is 9.47 Å². The van der Waals surface area contributed by atoms with Crippen molar-refractivity contribution in [1.29, 1.82) is 0 Å². The number of benzene rings is 2. The summed E-state index contributed by atoms with van der Waals surface area (Å²) in [5.74, 6) is 1.39. The van der Waals surface area contributed by atoms with Crippen LogP contribution in [0.2, 0.25) is 5.02 Å². The van der Waals surface area contributed by atoms with Gasteiger partial charge in [0.15, 0.2) is 0 Å². The lowest BCUT2D eigenvalue weighted by atomic mass is 10.2. The van der Waals surface area contributed by atoms with Crippen molar-refractivity contribution in [2.45, 2.75) is 6.54 Å². The highest BCUT2D eigenvalue weighted by atomic mass is 79.9. The van der Waals surface area contributed by atoms with Gasteiger partial charge in [-0.3, -0.25) is 0 Å². The normalized spacial score (nSPS) is 10.7. The highest BCUT2D eigenvalue weighted by Gasteiger charge is 2.07. The smallest absolute Gasteiger partial charge is 0.136 e. The Hall–Kier alpha value is -1.72. The quantitative estimate of drug-likeness (QED) is 0.599. The fraction of sp³-hybridized carbons (Fsp3) is 0.188. The zero-order chi connectivity index (χ0) is 15.9. The minimum Gasteiger partial charge on any atom is -0.496 e. The molecule has 116 valence electrons. The second-order valence-electron chi connectivity index (χ2n) is 4.41. The Labute approximate surface area is 143 Å². The highest BCUT2D eigenvalue weighted by Crippen LogP contribution is 2.31. The van der Waals surface area contributed by atoms with E-state index in [2.05, 4.69) is 26.5 Å². The number of nitrogens with zero attached hydrogens (tertiary/aromatic N) is 1. The molecule has 0 saturated carbocycles. The summed E-state index contributed by atoms with van der Waals surface area (Å²) < 4.78 is 11.4. The van der Waals surface area contributed by atoms with Crippen LogP contribution in [0.4, 0.5) is 0 Å². The van der Waals surface area contributed by atoms with Crippen molar-refractivity contribution in [1.82, 2.24) is 5.43 Å². The average molecular weight is 384 g/mol. The van der Waals surface area contributed by atoms with Gasteiger partial charge in [-0.25, -0.2) is 0 Å². The van der Waals surface area contributed by atoms with Gasteiger partial charge >= 0.3 is 0 Å². The van der Waals surface area contributed by atoms with Crippen LogP contribution in [0.5, 0.6) is 11.5 Å². The van der Waals surface area contributed by atoms with E-state index in [0.29, 0.717) is 18.0 Å². The van der Waals surface area contributed by atoms with Crippen molar-refractivity contribution in [3.63, 3.8) is 0 Å². The van der Waals surface area contributed by atoms with Crippen LogP contribution in [0.1, 0.15) is 11.1 Å². The van der Waals surface area contributed by atoms with Gasteiger partial charge in [-0.1, -0.05) is 29.8 Å². The molecule has 4 nitrogen and oxygen atoms in total. The molecule has 2 rings (SSSR count). The summed E-state index contributed by atoms with van der Waals surface area (Å²) in [6.45, 7) is 0.551. The maximum absolute atomic E-state index is 6.09. The van der Waals surface area contributed by atoms with Crippen molar-refractivity contribution in [2.24, 2.45) is 5.10 Å². The third kappa shape index (κ3) is 4.15. The van der Waals surface area contributed by atoms with Gasteiger partial charge < -0.3 is 14.9 Å². The standard InChI is InChI=1S/C16H16BrClN2O2/c1-21-15-8-16(22-2)13(17)7-12(15)10-20-19-9-11-5-3-4-6-14(11)18/h3-8,10,19H,9H2,1-2H3/b20-10-. The van der Waals surface area contributed by atoms with Crippen molar-refractivity contribution >= 4 is 33.7 Å². The summed E-state index contributed by atoms with van der Waals surface area (Å²) >= 11 is 9.54. The van der Waals surface area contributed by atoms with Crippen molar-refractivity contribution in [3.8, 4) is 11.5 Å². The fourth-order valence-corrected chi connectivity index (χ4v) is 2.60. The molecule has 0 atom stereocenters. The summed E-state index contributed by atoms with van der Waals surface area (Å²) in [6.07, 6.45) is 1.69. The molecule has 0 unspecified atom stereocenters. The van der Waals surface area contributed by atoms with E-state index < -0.39 is 0 Å². The number of halogens is 2. The first-order chi connectivity index (χ1) is 10.7. The molecule has 0 amide bonds. The third-order valence-corrected chi connectivity index (χ3v) is 4.01. The molecular formula is C16H16BrClN2O2. The second kappa shape index (κ2) is 8.06. The first kappa shape index (κ1) is 16.6. The molecule has 0 saturated heterocycles. The Bertz CT molecular complexity index is 677. The van der Waals surface area contributed by atoms with Crippen LogP contribution in [0, 0.1) is 0 Å². The van der Waals surface area contributed by atoms with Gasteiger partial charge in [-0.15, -0.1) is 0 Å². The Morgan fingerprint density at radius 1 is 1.18 bits per heavy atom. The van der Waals surface area contributed by atoms with Gasteiger partial charge in [0.25, 0.3) is 0 Å². The van der Waals surface area contributed by atoms with Crippen molar-refractivity contribution in [3.05, 3.63) is 57.0 Å². The molecule has 0 spiro atoms. The summed E-state index contributed by atoms with van der Waals surface area (Å²) in [4.78, 5) is 0. The molecule has 0 aromatic heterocycles. The molecule has 6 heteroatoms. The molecule has 0 heterocycles. The number of hydrogen-bond acceptors (Lipinski definition) is 4. The van der Waals surface area contributed by atoms with Crippen LogP contribution in [0.3, 0.4) is 0 Å². The van der Waals surface area contributed by atoms with Gasteiger partial charge in [0, 0.05) is 16.7 Å². The number of hydrogen-bond donors (Lipinski definition) is 1. The Morgan fingerprint density at radius 3 is 2.59 bits per heavy atom. The lowest BCUT2D eigenvalue weighted by Gasteiger charge is -2.09. The van der Waals surface area contributed by atoms with E-state index in [1.165, 1.54) is 0 Å². The molecule has 2 aromatic carbocycles. The van der Waals surface area contributed by atoms with E-state index in [4.69, 9.17) is 21.1 Å². The molecular weight excluding hydrogens is 368 g/mol. The van der Waals surface area contributed by atoms with Crippen LogP contribution in [0.15, 0.2) is 46.0 Å². The monoisotopic (exact) mass is 382 g/mol. The van der Waals surface area contributed by atoms with Crippen molar-refractivity contribution in [2.75, 3.05) is 14.2 Å². The number of ether oxygens (including phenoxy) is 2. The number of methoxy groups -OCH3 is 2. The molecule has 0 aliphatic heterocycles.